The Kier molecular flexibility index (Phi) is 3.89. The molecule has 0 saturated carbocycles. The number of benzene rings is 1. The molecule has 0 aromatic heterocycles. The molecule has 2 rings (SSSR count). The number of hydrogen-bond acceptors (Lipinski definition) is 3. The second-order valence-electron chi connectivity index (χ2n) is 4.32. The quantitative estimate of drug-likeness (QED) is 0.896. The largest absolute Gasteiger partial charge is 0.463 e. The van der Waals surface area contributed by atoms with Gasteiger partial charge >= 0.3 is 0 Å². The Morgan fingerprint density at radius 1 is 1.47 bits per heavy atom. The second kappa shape index (κ2) is 5.41. The number of halogens is 1. The van der Waals surface area contributed by atoms with Gasteiger partial charge in [-0.25, -0.2) is 4.99 Å². The van der Waals surface area contributed by atoms with Gasteiger partial charge in [0.05, 0.1) is 6.04 Å². The lowest BCUT2D eigenvalue weighted by Crippen LogP contribution is -2.12. The third kappa shape index (κ3) is 3.13. The van der Waals surface area contributed by atoms with Crippen molar-refractivity contribution < 1.29 is 4.74 Å². The molecule has 2 N–H and O–H groups in total. The maximum absolute atomic E-state index is 5.89. The van der Waals surface area contributed by atoms with E-state index in [0.717, 1.165) is 17.9 Å². The minimum atomic E-state index is 0.190. The molecule has 1 heterocycles. The lowest BCUT2D eigenvalue weighted by atomic mass is 9.90. The van der Waals surface area contributed by atoms with Crippen LogP contribution in [0.5, 0.6) is 0 Å². The van der Waals surface area contributed by atoms with Gasteiger partial charge in [-0.1, -0.05) is 30.7 Å². The van der Waals surface area contributed by atoms with Crippen LogP contribution in [0, 0.1) is 0 Å². The fraction of sp³-hybridized carbons (Fsp3) is 0.462. The molecule has 92 valence electrons. The van der Waals surface area contributed by atoms with Gasteiger partial charge in [0.1, 0.15) is 6.61 Å². The van der Waals surface area contributed by atoms with Crippen molar-refractivity contribution in [3.05, 3.63) is 34.9 Å². The van der Waals surface area contributed by atoms with Gasteiger partial charge in [0.15, 0.2) is 0 Å². The van der Waals surface area contributed by atoms with E-state index in [4.69, 9.17) is 22.1 Å². The summed E-state index contributed by atoms with van der Waals surface area (Å²) in [5.41, 5.74) is 6.81. The lowest BCUT2D eigenvalue weighted by molar-refractivity contribution is 0.301. The van der Waals surface area contributed by atoms with E-state index >= 15 is 0 Å². The lowest BCUT2D eigenvalue weighted by Gasteiger charge is -2.17. The highest BCUT2D eigenvalue weighted by molar-refractivity contribution is 6.30. The SMILES string of the molecule is CCC(CC1COC(N)=N1)c1ccc(Cl)cc1. The molecule has 2 unspecified atom stereocenters. The summed E-state index contributed by atoms with van der Waals surface area (Å²) in [4.78, 5) is 4.27. The Balaban J connectivity index is 2.04. The minimum Gasteiger partial charge on any atom is -0.463 e. The van der Waals surface area contributed by atoms with Gasteiger partial charge in [0.25, 0.3) is 6.02 Å². The highest BCUT2D eigenvalue weighted by atomic mass is 35.5. The first-order chi connectivity index (χ1) is 8.19. The van der Waals surface area contributed by atoms with E-state index in [1.165, 1.54) is 5.56 Å². The fourth-order valence-electron chi connectivity index (χ4n) is 2.16. The maximum Gasteiger partial charge on any atom is 0.282 e. The summed E-state index contributed by atoms with van der Waals surface area (Å²) in [6, 6.07) is 8.54. The molecular weight excluding hydrogens is 236 g/mol. The maximum atomic E-state index is 5.89. The highest BCUT2D eigenvalue weighted by Crippen LogP contribution is 2.27. The molecule has 4 heteroatoms. The zero-order chi connectivity index (χ0) is 12.3. The molecule has 0 aliphatic carbocycles. The van der Waals surface area contributed by atoms with Crippen molar-refractivity contribution in [3.63, 3.8) is 0 Å². The van der Waals surface area contributed by atoms with E-state index in [-0.39, 0.29) is 6.04 Å². The number of aliphatic imine (C=N–C) groups is 1. The van der Waals surface area contributed by atoms with Gasteiger partial charge in [-0.2, -0.15) is 0 Å². The van der Waals surface area contributed by atoms with Crippen LogP contribution in [0.3, 0.4) is 0 Å². The van der Waals surface area contributed by atoms with Crippen LogP contribution in [0.15, 0.2) is 29.3 Å². The highest BCUT2D eigenvalue weighted by Gasteiger charge is 2.21. The van der Waals surface area contributed by atoms with Crippen LogP contribution in [0.2, 0.25) is 5.02 Å². The Morgan fingerprint density at radius 2 is 2.18 bits per heavy atom. The monoisotopic (exact) mass is 252 g/mol. The van der Waals surface area contributed by atoms with Crippen molar-refractivity contribution in [3.8, 4) is 0 Å². The summed E-state index contributed by atoms with van der Waals surface area (Å²) in [6.07, 6.45) is 2.05. The van der Waals surface area contributed by atoms with Crippen LogP contribution in [0.4, 0.5) is 0 Å². The van der Waals surface area contributed by atoms with Crippen LogP contribution in [-0.4, -0.2) is 18.7 Å². The molecule has 0 radical (unpaired) electrons. The van der Waals surface area contributed by atoms with Crippen molar-refractivity contribution in [2.75, 3.05) is 6.61 Å². The molecule has 1 aliphatic heterocycles. The van der Waals surface area contributed by atoms with Crippen molar-refractivity contribution in [1.29, 1.82) is 0 Å². The predicted octanol–water partition coefficient (Wildman–Crippen LogP) is 2.94. The average Bonchev–Trinajstić information content (AvgIpc) is 2.73. The Hall–Kier alpha value is -1.22. The van der Waals surface area contributed by atoms with Crippen LogP contribution < -0.4 is 5.73 Å². The summed E-state index contributed by atoms with van der Waals surface area (Å²) >= 11 is 5.89. The molecule has 3 nitrogen and oxygen atoms in total. The molecule has 0 bridgehead atoms. The van der Waals surface area contributed by atoms with Crippen molar-refractivity contribution >= 4 is 17.6 Å². The van der Waals surface area contributed by atoms with Crippen molar-refractivity contribution in [1.82, 2.24) is 0 Å². The van der Waals surface area contributed by atoms with Crippen LogP contribution in [-0.2, 0) is 4.74 Å². The Labute approximate surface area is 107 Å². The zero-order valence-electron chi connectivity index (χ0n) is 9.90. The number of hydrogen-bond donors (Lipinski definition) is 1. The topological polar surface area (TPSA) is 47.6 Å². The molecule has 1 aliphatic rings. The van der Waals surface area contributed by atoms with Gasteiger partial charge in [-0.3, -0.25) is 0 Å². The first-order valence-electron chi connectivity index (χ1n) is 5.90. The molecule has 0 spiro atoms. The normalized spacial score (nSPS) is 20.8. The number of nitrogens with zero attached hydrogens (tertiary/aromatic N) is 1. The minimum absolute atomic E-state index is 0.190. The summed E-state index contributed by atoms with van der Waals surface area (Å²) in [6.45, 7) is 2.79. The van der Waals surface area contributed by atoms with Crippen LogP contribution in [0.1, 0.15) is 31.2 Å². The smallest absolute Gasteiger partial charge is 0.282 e. The van der Waals surface area contributed by atoms with E-state index in [0.29, 0.717) is 18.5 Å². The standard InChI is InChI=1S/C13H17ClN2O/c1-2-9(7-12-8-17-13(15)16-12)10-3-5-11(14)6-4-10/h3-6,9,12H,2,7-8H2,1H3,(H2,15,16). The summed E-state index contributed by atoms with van der Waals surface area (Å²) < 4.78 is 5.17. The molecule has 17 heavy (non-hydrogen) atoms. The third-order valence-electron chi connectivity index (χ3n) is 3.12. The first kappa shape index (κ1) is 12.2. The molecule has 0 fully saturated rings. The molecule has 1 aromatic carbocycles. The molecule has 0 saturated heterocycles. The third-order valence-corrected chi connectivity index (χ3v) is 3.38. The van der Waals surface area contributed by atoms with Crippen LogP contribution in [0.25, 0.3) is 0 Å². The molecule has 2 atom stereocenters. The fourth-order valence-corrected chi connectivity index (χ4v) is 2.28. The molecule has 1 aromatic rings. The second-order valence-corrected chi connectivity index (χ2v) is 4.76. The van der Waals surface area contributed by atoms with Gasteiger partial charge < -0.3 is 10.5 Å². The van der Waals surface area contributed by atoms with Gasteiger partial charge in [-0.15, -0.1) is 0 Å². The van der Waals surface area contributed by atoms with Crippen molar-refractivity contribution in [2.45, 2.75) is 31.7 Å². The van der Waals surface area contributed by atoms with E-state index in [9.17, 15) is 0 Å². The van der Waals surface area contributed by atoms with E-state index in [2.05, 4.69) is 24.0 Å². The molecule has 0 amide bonds. The van der Waals surface area contributed by atoms with Gasteiger partial charge in [0.2, 0.25) is 0 Å². The zero-order valence-corrected chi connectivity index (χ0v) is 10.7. The van der Waals surface area contributed by atoms with Gasteiger partial charge in [0, 0.05) is 5.02 Å². The Bertz CT molecular complexity index is 402. The van der Waals surface area contributed by atoms with Crippen molar-refractivity contribution in [2.24, 2.45) is 10.7 Å². The predicted molar refractivity (Wildman–Crippen MR) is 70.5 cm³/mol. The van der Waals surface area contributed by atoms with E-state index < -0.39 is 0 Å². The number of amidine groups is 1. The average molecular weight is 253 g/mol. The summed E-state index contributed by atoms with van der Waals surface area (Å²) in [7, 11) is 0. The van der Waals surface area contributed by atoms with E-state index in [1.54, 1.807) is 0 Å². The number of ether oxygens (including phenoxy) is 1. The molecular formula is C13H17ClN2O. The van der Waals surface area contributed by atoms with Crippen LogP contribution >= 0.6 is 11.6 Å². The summed E-state index contributed by atoms with van der Waals surface area (Å²) in [5, 5.41) is 0.773. The van der Waals surface area contributed by atoms with E-state index in [1.807, 2.05) is 12.1 Å². The van der Waals surface area contributed by atoms with Gasteiger partial charge in [-0.05, 0) is 36.5 Å². The summed E-state index contributed by atoms with van der Waals surface area (Å²) in [5.74, 6) is 0.482. The Morgan fingerprint density at radius 3 is 2.71 bits per heavy atom. The number of nitrogens with two attached hydrogens (primary N) is 1. The number of rotatable bonds is 4. The first-order valence-corrected chi connectivity index (χ1v) is 6.28.